The Morgan fingerprint density at radius 3 is 2.96 bits per heavy atom. The zero-order chi connectivity index (χ0) is 17.8. The lowest BCUT2D eigenvalue weighted by molar-refractivity contribution is 0.196. The molecule has 0 aliphatic carbocycles. The number of aryl methyl sites for hydroxylation is 1. The predicted molar refractivity (Wildman–Crippen MR) is 100 cm³/mol. The maximum Gasteiger partial charge on any atom is 0.153 e. The Kier molecular flexibility index (Phi) is 4.88. The molecule has 0 amide bonds. The summed E-state index contributed by atoms with van der Waals surface area (Å²) >= 11 is 0. The fourth-order valence-corrected chi connectivity index (χ4v) is 3.51. The van der Waals surface area contributed by atoms with Crippen LogP contribution in [0.4, 0.5) is 11.6 Å². The highest BCUT2D eigenvalue weighted by atomic mass is 15.2. The number of aromatic amines is 1. The third-order valence-corrected chi connectivity index (χ3v) is 4.71. The second-order valence-corrected chi connectivity index (χ2v) is 6.74. The molecule has 0 aromatic carbocycles. The maximum atomic E-state index is 4.65. The molecule has 7 heteroatoms. The van der Waals surface area contributed by atoms with E-state index in [4.69, 9.17) is 0 Å². The zero-order valence-electron chi connectivity index (χ0n) is 14.9. The van der Waals surface area contributed by atoms with Crippen LogP contribution >= 0.6 is 0 Å². The highest BCUT2D eigenvalue weighted by Gasteiger charge is 2.25. The Balaban J connectivity index is 1.51. The van der Waals surface area contributed by atoms with E-state index in [1.807, 2.05) is 31.2 Å². The second kappa shape index (κ2) is 7.61. The average Bonchev–Trinajstić information content (AvgIpc) is 3.15. The summed E-state index contributed by atoms with van der Waals surface area (Å²) in [4.78, 5) is 16.2. The number of anilines is 2. The van der Waals surface area contributed by atoms with E-state index >= 15 is 0 Å². The van der Waals surface area contributed by atoms with Crippen LogP contribution in [0.3, 0.4) is 0 Å². The number of hydrogen-bond donors (Lipinski definition) is 2. The molecule has 0 radical (unpaired) electrons. The van der Waals surface area contributed by atoms with E-state index in [1.54, 1.807) is 18.6 Å². The van der Waals surface area contributed by atoms with E-state index in [9.17, 15) is 0 Å². The van der Waals surface area contributed by atoms with Gasteiger partial charge in [-0.1, -0.05) is 6.07 Å². The number of hydrogen-bond acceptors (Lipinski definition) is 6. The Labute approximate surface area is 152 Å². The zero-order valence-corrected chi connectivity index (χ0v) is 14.9. The molecular formula is C19H23N7. The minimum absolute atomic E-state index is 0.354. The first kappa shape index (κ1) is 16.7. The lowest BCUT2D eigenvalue weighted by Gasteiger charge is -2.32. The summed E-state index contributed by atoms with van der Waals surface area (Å²) in [5, 5.41) is 10.4. The van der Waals surface area contributed by atoms with Gasteiger partial charge in [-0.3, -0.25) is 15.0 Å². The largest absolute Gasteiger partial charge is 0.323 e. The summed E-state index contributed by atoms with van der Waals surface area (Å²) in [7, 11) is 0. The molecule has 1 aliphatic heterocycles. The number of pyridine rings is 1. The molecule has 0 bridgehead atoms. The third kappa shape index (κ3) is 3.88. The molecule has 0 spiro atoms. The normalized spacial score (nSPS) is 18.0. The van der Waals surface area contributed by atoms with Crippen LogP contribution in [0, 0.1) is 6.92 Å². The molecule has 4 heterocycles. The molecule has 1 aliphatic rings. The molecule has 4 rings (SSSR count). The predicted octanol–water partition coefficient (Wildman–Crippen LogP) is 3.03. The lowest BCUT2D eigenvalue weighted by Crippen LogP contribution is -2.34. The molecule has 7 nitrogen and oxygen atoms in total. The van der Waals surface area contributed by atoms with Crippen LogP contribution < -0.4 is 5.32 Å². The summed E-state index contributed by atoms with van der Waals surface area (Å²) < 4.78 is 0. The SMILES string of the molecule is Cc1cccc(Nc2nccnc2[C@H]2CCCN(Cc3ccn[nH]3)C2)n1. The smallest absolute Gasteiger partial charge is 0.153 e. The highest BCUT2D eigenvalue weighted by molar-refractivity contribution is 5.55. The summed E-state index contributed by atoms with van der Waals surface area (Å²) in [6.07, 6.45) is 7.58. The molecule has 1 saturated heterocycles. The van der Waals surface area contributed by atoms with Gasteiger partial charge in [-0.2, -0.15) is 5.10 Å². The first-order valence-electron chi connectivity index (χ1n) is 9.00. The number of H-pyrrole nitrogens is 1. The van der Waals surface area contributed by atoms with Crippen molar-refractivity contribution < 1.29 is 0 Å². The molecule has 3 aromatic heterocycles. The van der Waals surface area contributed by atoms with E-state index < -0.39 is 0 Å². The first-order chi connectivity index (χ1) is 12.8. The van der Waals surface area contributed by atoms with Gasteiger partial charge in [-0.25, -0.2) is 9.97 Å². The first-order valence-corrected chi connectivity index (χ1v) is 9.00. The Hall–Kier alpha value is -2.80. The topological polar surface area (TPSA) is 82.6 Å². The standard InChI is InChI=1S/C19H23N7/c1-14-4-2-6-17(23-14)24-19-18(20-9-10-21-19)15-5-3-11-26(12-15)13-16-7-8-22-25-16/h2,4,6-10,15H,3,5,11-13H2,1H3,(H,22,25)(H,21,23,24)/t15-/m0/s1. The van der Waals surface area contributed by atoms with Gasteiger partial charge in [0.05, 0.1) is 5.69 Å². The van der Waals surface area contributed by atoms with Crippen LogP contribution in [0.5, 0.6) is 0 Å². The Bertz CT molecular complexity index is 847. The van der Waals surface area contributed by atoms with Crippen LogP contribution in [-0.4, -0.2) is 43.1 Å². The molecule has 1 fully saturated rings. The van der Waals surface area contributed by atoms with Crippen molar-refractivity contribution in [1.82, 2.24) is 30.0 Å². The van der Waals surface area contributed by atoms with Crippen LogP contribution in [0.2, 0.25) is 0 Å². The van der Waals surface area contributed by atoms with E-state index in [-0.39, 0.29) is 0 Å². The van der Waals surface area contributed by atoms with Gasteiger partial charge in [-0.05, 0) is 44.5 Å². The molecule has 0 unspecified atom stereocenters. The van der Waals surface area contributed by atoms with Crippen LogP contribution in [0.1, 0.15) is 35.8 Å². The minimum atomic E-state index is 0.354. The van der Waals surface area contributed by atoms with Gasteiger partial charge in [0, 0.05) is 49.0 Å². The van der Waals surface area contributed by atoms with Crippen molar-refractivity contribution in [2.45, 2.75) is 32.2 Å². The molecule has 1 atom stereocenters. The lowest BCUT2D eigenvalue weighted by atomic mass is 9.94. The van der Waals surface area contributed by atoms with Gasteiger partial charge in [0.25, 0.3) is 0 Å². The van der Waals surface area contributed by atoms with Crippen molar-refractivity contribution in [3.8, 4) is 0 Å². The summed E-state index contributed by atoms with van der Waals surface area (Å²) in [5.41, 5.74) is 3.14. The Morgan fingerprint density at radius 2 is 2.12 bits per heavy atom. The number of aromatic nitrogens is 5. The van der Waals surface area contributed by atoms with Crippen molar-refractivity contribution in [2.75, 3.05) is 18.4 Å². The summed E-state index contributed by atoms with van der Waals surface area (Å²) in [6, 6.07) is 7.96. The van der Waals surface area contributed by atoms with Crippen molar-refractivity contribution in [3.05, 3.63) is 59.9 Å². The van der Waals surface area contributed by atoms with Crippen molar-refractivity contribution >= 4 is 11.6 Å². The minimum Gasteiger partial charge on any atom is -0.323 e. The van der Waals surface area contributed by atoms with Crippen molar-refractivity contribution in [3.63, 3.8) is 0 Å². The molecular weight excluding hydrogens is 326 g/mol. The van der Waals surface area contributed by atoms with Crippen LogP contribution in [0.15, 0.2) is 42.9 Å². The van der Waals surface area contributed by atoms with Crippen LogP contribution in [0.25, 0.3) is 0 Å². The molecule has 134 valence electrons. The third-order valence-electron chi connectivity index (χ3n) is 4.71. The fourth-order valence-electron chi connectivity index (χ4n) is 3.51. The van der Waals surface area contributed by atoms with Gasteiger partial charge in [0.2, 0.25) is 0 Å². The van der Waals surface area contributed by atoms with Crippen LogP contribution in [-0.2, 0) is 6.54 Å². The summed E-state index contributed by atoms with van der Waals surface area (Å²) in [6.45, 7) is 4.93. The summed E-state index contributed by atoms with van der Waals surface area (Å²) in [5.74, 6) is 1.96. The number of nitrogens with one attached hydrogen (secondary N) is 2. The number of rotatable bonds is 5. The number of nitrogens with zero attached hydrogens (tertiary/aromatic N) is 5. The average molecular weight is 349 g/mol. The Morgan fingerprint density at radius 1 is 1.19 bits per heavy atom. The quantitative estimate of drug-likeness (QED) is 0.737. The molecule has 26 heavy (non-hydrogen) atoms. The van der Waals surface area contributed by atoms with Gasteiger partial charge in [-0.15, -0.1) is 0 Å². The number of piperidine rings is 1. The highest BCUT2D eigenvalue weighted by Crippen LogP contribution is 2.30. The number of likely N-dealkylation sites (tertiary alicyclic amines) is 1. The van der Waals surface area contributed by atoms with Crippen molar-refractivity contribution in [1.29, 1.82) is 0 Å². The van der Waals surface area contributed by atoms with Gasteiger partial charge < -0.3 is 5.32 Å². The van der Waals surface area contributed by atoms with Gasteiger partial charge in [0.1, 0.15) is 5.82 Å². The van der Waals surface area contributed by atoms with Crippen molar-refractivity contribution in [2.24, 2.45) is 0 Å². The van der Waals surface area contributed by atoms with E-state index in [0.29, 0.717) is 5.92 Å². The second-order valence-electron chi connectivity index (χ2n) is 6.74. The molecule has 3 aromatic rings. The fraction of sp³-hybridized carbons (Fsp3) is 0.368. The van der Waals surface area contributed by atoms with E-state index in [0.717, 1.165) is 61.2 Å². The van der Waals surface area contributed by atoms with E-state index in [2.05, 4.69) is 35.4 Å². The van der Waals surface area contributed by atoms with E-state index in [1.165, 1.54) is 0 Å². The maximum absolute atomic E-state index is 4.65. The molecule has 2 N–H and O–H groups in total. The van der Waals surface area contributed by atoms with Gasteiger partial charge in [0.15, 0.2) is 5.82 Å². The molecule has 0 saturated carbocycles. The monoisotopic (exact) mass is 349 g/mol. The van der Waals surface area contributed by atoms with Gasteiger partial charge >= 0.3 is 0 Å².